The van der Waals surface area contributed by atoms with E-state index in [0.29, 0.717) is 16.4 Å². The molecule has 0 unspecified atom stereocenters. The molecule has 23 heavy (non-hydrogen) atoms. The zero-order chi connectivity index (χ0) is 16.0. The van der Waals surface area contributed by atoms with Crippen LogP contribution in [0, 0.1) is 0 Å². The maximum absolute atomic E-state index is 12.5. The van der Waals surface area contributed by atoms with Gasteiger partial charge in [0.1, 0.15) is 5.75 Å². The highest BCUT2D eigenvalue weighted by Gasteiger charge is 2.46. The molecule has 0 saturated carbocycles. The number of aromatic nitrogens is 1. The second-order valence-corrected chi connectivity index (χ2v) is 6.02. The van der Waals surface area contributed by atoms with E-state index in [9.17, 15) is 10.0 Å². The molecule has 6 heteroatoms. The van der Waals surface area contributed by atoms with Crippen LogP contribution in [0.1, 0.15) is 23.1 Å². The lowest BCUT2D eigenvalue weighted by Gasteiger charge is -2.36. The molecule has 0 spiro atoms. The van der Waals surface area contributed by atoms with E-state index in [1.54, 1.807) is 12.1 Å². The van der Waals surface area contributed by atoms with Gasteiger partial charge in [-0.15, -0.1) is 0 Å². The summed E-state index contributed by atoms with van der Waals surface area (Å²) in [6.07, 6.45) is 4.67. The summed E-state index contributed by atoms with van der Waals surface area (Å²) in [6, 6.07) is 9.31. The molecule has 1 amide bonds. The van der Waals surface area contributed by atoms with Crippen LogP contribution in [0.5, 0.6) is 5.75 Å². The van der Waals surface area contributed by atoms with Gasteiger partial charge >= 0.3 is 5.91 Å². The number of amides is 1. The van der Waals surface area contributed by atoms with Crippen LogP contribution in [0.2, 0.25) is 0 Å². The van der Waals surface area contributed by atoms with Crippen molar-refractivity contribution in [3.05, 3.63) is 53.2 Å². The van der Waals surface area contributed by atoms with Crippen LogP contribution < -0.4 is 15.5 Å². The Labute approximate surface area is 133 Å². The lowest BCUT2D eigenvalue weighted by atomic mass is 9.98. The van der Waals surface area contributed by atoms with Gasteiger partial charge in [-0.25, -0.2) is 4.98 Å². The Kier molecular flexibility index (Phi) is 3.11. The second kappa shape index (κ2) is 5.04. The Morgan fingerprint density at radius 3 is 2.91 bits per heavy atom. The fourth-order valence-corrected chi connectivity index (χ4v) is 3.35. The number of hydrogen-bond donors (Lipinski definition) is 2. The lowest BCUT2D eigenvalue weighted by Crippen LogP contribution is -2.63. The van der Waals surface area contributed by atoms with Crippen LogP contribution >= 0.6 is 0 Å². The van der Waals surface area contributed by atoms with Crippen molar-refractivity contribution in [2.24, 2.45) is 5.73 Å². The monoisotopic (exact) mass is 311 g/mol. The minimum Gasteiger partial charge on any atom is -0.463 e. The summed E-state index contributed by atoms with van der Waals surface area (Å²) >= 11 is 0. The number of carbonyl (C=O) groups excluding carboxylic acids is 1. The number of fused-ring (bicyclic) bond motifs is 2. The molecule has 2 heterocycles. The minimum atomic E-state index is -1.64. The molecular formula is C17H17N3O3. The summed E-state index contributed by atoms with van der Waals surface area (Å²) in [5.74, 6) is 0.122. The van der Waals surface area contributed by atoms with Crippen molar-refractivity contribution in [1.29, 1.82) is 0 Å². The largest absolute Gasteiger partial charge is 0.463 e. The SMILES string of the molecule is N[C@]1(Oc2cccc3c2CCC3)Cc2cccnc2N(O)C1=O. The number of anilines is 1. The highest BCUT2D eigenvalue weighted by atomic mass is 16.6. The van der Waals surface area contributed by atoms with Crippen molar-refractivity contribution >= 4 is 11.7 Å². The van der Waals surface area contributed by atoms with Gasteiger partial charge in [-0.3, -0.25) is 15.7 Å². The molecule has 0 bridgehead atoms. The zero-order valence-corrected chi connectivity index (χ0v) is 12.5. The third-order valence-electron chi connectivity index (χ3n) is 4.47. The molecule has 1 aromatic heterocycles. The Hall–Kier alpha value is -2.44. The fraction of sp³-hybridized carbons (Fsp3) is 0.294. The second-order valence-electron chi connectivity index (χ2n) is 6.02. The van der Waals surface area contributed by atoms with Gasteiger partial charge in [-0.1, -0.05) is 18.2 Å². The summed E-state index contributed by atoms with van der Waals surface area (Å²) in [6.45, 7) is 0. The van der Waals surface area contributed by atoms with Gasteiger partial charge in [0.2, 0.25) is 5.72 Å². The molecule has 1 aliphatic carbocycles. The number of pyridine rings is 1. The Morgan fingerprint density at radius 2 is 2.04 bits per heavy atom. The zero-order valence-electron chi connectivity index (χ0n) is 12.5. The summed E-state index contributed by atoms with van der Waals surface area (Å²) in [5, 5.41) is 10.6. The van der Waals surface area contributed by atoms with Gasteiger partial charge in [-0.05, 0) is 42.5 Å². The highest BCUT2D eigenvalue weighted by molar-refractivity contribution is 5.99. The number of benzene rings is 1. The molecule has 1 atom stereocenters. The molecule has 0 fully saturated rings. The Morgan fingerprint density at radius 1 is 1.22 bits per heavy atom. The number of nitrogens with zero attached hydrogens (tertiary/aromatic N) is 2. The van der Waals surface area contributed by atoms with Gasteiger partial charge in [0, 0.05) is 18.2 Å². The smallest absolute Gasteiger partial charge is 0.312 e. The first-order chi connectivity index (χ1) is 11.1. The van der Waals surface area contributed by atoms with E-state index < -0.39 is 11.6 Å². The molecule has 0 radical (unpaired) electrons. The summed E-state index contributed by atoms with van der Waals surface area (Å²) in [4.78, 5) is 16.5. The summed E-state index contributed by atoms with van der Waals surface area (Å²) in [7, 11) is 0. The van der Waals surface area contributed by atoms with Gasteiger partial charge in [0.05, 0.1) is 0 Å². The van der Waals surface area contributed by atoms with Gasteiger partial charge in [0.15, 0.2) is 5.82 Å². The third kappa shape index (κ3) is 2.18. The summed E-state index contributed by atoms with van der Waals surface area (Å²) < 4.78 is 5.92. The van der Waals surface area contributed by atoms with E-state index in [4.69, 9.17) is 10.5 Å². The molecule has 118 valence electrons. The van der Waals surface area contributed by atoms with Gasteiger partial charge in [0.25, 0.3) is 0 Å². The average molecular weight is 311 g/mol. The number of aryl methyl sites for hydroxylation is 1. The minimum absolute atomic E-state index is 0.162. The lowest BCUT2D eigenvalue weighted by molar-refractivity contribution is -0.140. The predicted molar refractivity (Wildman–Crippen MR) is 83.2 cm³/mol. The van der Waals surface area contributed by atoms with Crippen LogP contribution in [0.4, 0.5) is 5.82 Å². The van der Waals surface area contributed by atoms with Crippen LogP contribution in [0.15, 0.2) is 36.5 Å². The number of hydroxylamine groups is 1. The number of carbonyl (C=O) groups is 1. The van der Waals surface area contributed by atoms with Crippen LogP contribution in [0.25, 0.3) is 0 Å². The molecule has 0 saturated heterocycles. The van der Waals surface area contributed by atoms with Crippen LogP contribution in [0.3, 0.4) is 0 Å². The van der Waals surface area contributed by atoms with E-state index in [1.165, 1.54) is 11.8 Å². The van der Waals surface area contributed by atoms with Crippen molar-refractivity contribution in [3.63, 3.8) is 0 Å². The average Bonchev–Trinajstić information content (AvgIpc) is 3.03. The van der Waals surface area contributed by atoms with Crippen LogP contribution in [-0.4, -0.2) is 21.8 Å². The topological polar surface area (TPSA) is 88.7 Å². The van der Waals surface area contributed by atoms with Crippen molar-refractivity contribution in [1.82, 2.24) is 4.98 Å². The van der Waals surface area contributed by atoms with Crippen molar-refractivity contribution in [2.45, 2.75) is 31.4 Å². The first-order valence-corrected chi connectivity index (χ1v) is 7.64. The third-order valence-corrected chi connectivity index (χ3v) is 4.47. The predicted octanol–water partition coefficient (Wildman–Crippen LogP) is 1.58. The molecular weight excluding hydrogens is 294 g/mol. The number of nitrogens with two attached hydrogens (primary N) is 1. The number of hydrogen-bond acceptors (Lipinski definition) is 5. The molecule has 2 aliphatic rings. The molecule has 1 aromatic carbocycles. The summed E-state index contributed by atoms with van der Waals surface area (Å²) in [5.41, 5.74) is 7.60. The van der Waals surface area contributed by atoms with Crippen LogP contribution in [-0.2, 0) is 24.1 Å². The molecule has 6 nitrogen and oxygen atoms in total. The molecule has 2 aromatic rings. The van der Waals surface area contributed by atoms with E-state index in [1.807, 2.05) is 12.1 Å². The van der Waals surface area contributed by atoms with Crippen molar-refractivity contribution in [3.8, 4) is 5.75 Å². The van der Waals surface area contributed by atoms with E-state index in [0.717, 1.165) is 24.8 Å². The Balaban J connectivity index is 1.72. The number of ether oxygens (including phenoxy) is 1. The Bertz CT molecular complexity index is 792. The molecule has 1 aliphatic heterocycles. The van der Waals surface area contributed by atoms with E-state index in [-0.39, 0.29) is 12.2 Å². The van der Waals surface area contributed by atoms with Crippen molar-refractivity contribution in [2.75, 3.05) is 5.06 Å². The normalized spacial score (nSPS) is 22.7. The first-order valence-electron chi connectivity index (χ1n) is 7.64. The molecule has 4 rings (SSSR count). The highest BCUT2D eigenvalue weighted by Crippen LogP contribution is 2.35. The van der Waals surface area contributed by atoms with Crippen molar-refractivity contribution < 1.29 is 14.7 Å². The standard InChI is InChI=1S/C17H17N3O3/c18-17(23-14-8-2-5-11-4-1-7-13(11)14)10-12-6-3-9-19-15(12)20(22)16(17)21/h2-3,5-6,8-9,22H,1,4,7,10,18H2/t17-/m0/s1. The van der Waals surface area contributed by atoms with Gasteiger partial charge < -0.3 is 4.74 Å². The van der Waals surface area contributed by atoms with Gasteiger partial charge in [-0.2, -0.15) is 5.06 Å². The van der Waals surface area contributed by atoms with E-state index in [2.05, 4.69) is 11.1 Å². The maximum Gasteiger partial charge on any atom is 0.312 e. The first kappa shape index (κ1) is 14.2. The number of rotatable bonds is 2. The fourth-order valence-electron chi connectivity index (χ4n) is 3.35. The quantitative estimate of drug-likeness (QED) is 0.649. The van der Waals surface area contributed by atoms with E-state index >= 15 is 0 Å². The molecule has 3 N–H and O–H groups in total. The maximum atomic E-state index is 12.5.